The van der Waals surface area contributed by atoms with E-state index in [1.54, 1.807) is 19.1 Å². The minimum atomic E-state index is -3.86. The standard InChI is InChI=1S/C13H16ClNO4S/c1-8-3-4-10(7-12(8)20(14,17)18)13(16)15-11-5-6-19-9(11)2/h3-4,7,9,11H,5-6H2,1-2H3,(H,15,16). The summed E-state index contributed by atoms with van der Waals surface area (Å²) in [4.78, 5) is 12.1. The number of carbonyl (C=O) groups excluding carboxylic acids is 1. The summed E-state index contributed by atoms with van der Waals surface area (Å²) in [5.74, 6) is -0.325. The SMILES string of the molecule is Cc1ccc(C(=O)NC2CCOC2C)cc1S(=O)(=O)Cl. The summed E-state index contributed by atoms with van der Waals surface area (Å²) in [5.41, 5.74) is 0.781. The van der Waals surface area contributed by atoms with Gasteiger partial charge in [-0.3, -0.25) is 4.79 Å². The Bertz CT molecular complexity index is 629. The molecule has 1 aliphatic heterocycles. The molecule has 20 heavy (non-hydrogen) atoms. The van der Waals surface area contributed by atoms with Gasteiger partial charge in [0.15, 0.2) is 0 Å². The maximum Gasteiger partial charge on any atom is 0.261 e. The van der Waals surface area contributed by atoms with Crippen LogP contribution in [0.5, 0.6) is 0 Å². The second kappa shape index (κ2) is 5.71. The third-order valence-electron chi connectivity index (χ3n) is 3.41. The smallest absolute Gasteiger partial charge is 0.261 e. The molecule has 0 bridgehead atoms. The Kier molecular flexibility index (Phi) is 4.36. The quantitative estimate of drug-likeness (QED) is 0.863. The van der Waals surface area contributed by atoms with Gasteiger partial charge in [-0.15, -0.1) is 0 Å². The van der Waals surface area contributed by atoms with Gasteiger partial charge in [-0.2, -0.15) is 0 Å². The molecule has 0 radical (unpaired) electrons. The van der Waals surface area contributed by atoms with Gasteiger partial charge in [-0.05, 0) is 38.0 Å². The number of halogens is 1. The van der Waals surface area contributed by atoms with Crippen molar-refractivity contribution in [1.82, 2.24) is 5.32 Å². The third kappa shape index (κ3) is 3.31. The second-order valence-electron chi connectivity index (χ2n) is 4.86. The molecule has 2 unspecified atom stereocenters. The lowest BCUT2D eigenvalue weighted by Crippen LogP contribution is -2.39. The lowest BCUT2D eigenvalue weighted by Gasteiger charge is -2.16. The summed E-state index contributed by atoms with van der Waals surface area (Å²) in [6.45, 7) is 4.13. The maximum absolute atomic E-state index is 12.1. The first kappa shape index (κ1) is 15.3. The molecule has 2 atom stereocenters. The first-order valence-electron chi connectivity index (χ1n) is 6.27. The third-order valence-corrected chi connectivity index (χ3v) is 4.87. The van der Waals surface area contributed by atoms with Crippen LogP contribution in [0.4, 0.5) is 0 Å². The molecule has 1 N–H and O–H groups in total. The van der Waals surface area contributed by atoms with E-state index in [0.717, 1.165) is 6.42 Å². The minimum absolute atomic E-state index is 0.0393. The van der Waals surface area contributed by atoms with Crippen LogP contribution < -0.4 is 5.32 Å². The van der Waals surface area contributed by atoms with Gasteiger partial charge in [0.1, 0.15) is 0 Å². The number of benzene rings is 1. The van der Waals surface area contributed by atoms with Gasteiger partial charge in [-0.1, -0.05) is 6.07 Å². The minimum Gasteiger partial charge on any atom is -0.376 e. The Morgan fingerprint density at radius 3 is 2.70 bits per heavy atom. The molecule has 0 aromatic heterocycles. The van der Waals surface area contributed by atoms with E-state index in [9.17, 15) is 13.2 Å². The Hall–Kier alpha value is -1.11. The molecule has 1 aromatic rings. The van der Waals surface area contributed by atoms with Crippen molar-refractivity contribution in [1.29, 1.82) is 0 Å². The van der Waals surface area contributed by atoms with Gasteiger partial charge in [0.2, 0.25) is 0 Å². The van der Waals surface area contributed by atoms with E-state index in [1.807, 2.05) is 6.92 Å². The number of nitrogens with one attached hydrogen (secondary N) is 1. The van der Waals surface area contributed by atoms with Gasteiger partial charge < -0.3 is 10.1 Å². The first-order chi connectivity index (χ1) is 9.29. The van der Waals surface area contributed by atoms with Crippen molar-refractivity contribution < 1.29 is 17.9 Å². The van der Waals surface area contributed by atoms with Gasteiger partial charge in [0.25, 0.3) is 15.0 Å². The van der Waals surface area contributed by atoms with Crippen LogP contribution in [0.25, 0.3) is 0 Å². The largest absolute Gasteiger partial charge is 0.376 e. The van der Waals surface area contributed by atoms with E-state index in [-0.39, 0.29) is 28.5 Å². The van der Waals surface area contributed by atoms with Crippen molar-refractivity contribution in [3.8, 4) is 0 Å². The molecular weight excluding hydrogens is 302 g/mol. The summed E-state index contributed by atoms with van der Waals surface area (Å²) in [6.07, 6.45) is 0.708. The van der Waals surface area contributed by atoms with Crippen molar-refractivity contribution in [3.63, 3.8) is 0 Å². The fourth-order valence-corrected chi connectivity index (χ4v) is 3.40. The molecule has 110 valence electrons. The van der Waals surface area contributed by atoms with Gasteiger partial charge in [0.05, 0.1) is 17.0 Å². The molecule has 5 nitrogen and oxygen atoms in total. The molecule has 1 aliphatic rings. The van der Waals surface area contributed by atoms with E-state index < -0.39 is 9.05 Å². The molecule has 7 heteroatoms. The molecule has 1 amide bonds. The van der Waals surface area contributed by atoms with Crippen LogP contribution in [0.3, 0.4) is 0 Å². The Labute approximate surface area is 122 Å². The summed E-state index contributed by atoms with van der Waals surface area (Å²) in [5, 5.41) is 2.84. The Balaban J connectivity index is 2.23. The predicted octanol–water partition coefficient (Wildman–Crippen LogP) is 1.83. The molecular formula is C13H16ClNO4S. The number of aryl methyl sites for hydroxylation is 1. The first-order valence-corrected chi connectivity index (χ1v) is 8.58. The van der Waals surface area contributed by atoms with E-state index in [4.69, 9.17) is 15.4 Å². The zero-order chi connectivity index (χ0) is 14.9. The molecule has 0 spiro atoms. The van der Waals surface area contributed by atoms with Crippen LogP contribution in [0.2, 0.25) is 0 Å². The van der Waals surface area contributed by atoms with E-state index in [1.165, 1.54) is 6.07 Å². The molecule has 1 heterocycles. The predicted molar refractivity (Wildman–Crippen MR) is 75.5 cm³/mol. The fraction of sp³-hybridized carbons (Fsp3) is 0.462. The van der Waals surface area contributed by atoms with E-state index in [2.05, 4.69) is 5.32 Å². The summed E-state index contributed by atoms with van der Waals surface area (Å²) in [6, 6.07) is 4.39. The monoisotopic (exact) mass is 317 g/mol. The number of amides is 1. The lowest BCUT2D eigenvalue weighted by atomic mass is 10.1. The van der Waals surface area contributed by atoms with Crippen LogP contribution in [0, 0.1) is 6.92 Å². The van der Waals surface area contributed by atoms with Crippen LogP contribution in [-0.4, -0.2) is 33.1 Å². The topological polar surface area (TPSA) is 72.5 Å². The molecule has 0 aliphatic carbocycles. The highest BCUT2D eigenvalue weighted by molar-refractivity contribution is 8.13. The van der Waals surface area contributed by atoms with Gasteiger partial charge in [0, 0.05) is 22.9 Å². The van der Waals surface area contributed by atoms with E-state index >= 15 is 0 Å². The van der Waals surface area contributed by atoms with Crippen LogP contribution >= 0.6 is 10.7 Å². The second-order valence-corrected chi connectivity index (χ2v) is 7.40. The number of rotatable bonds is 3. The average Bonchev–Trinajstić information content (AvgIpc) is 2.74. The average molecular weight is 318 g/mol. The molecule has 1 saturated heterocycles. The van der Waals surface area contributed by atoms with Crippen LogP contribution in [0.1, 0.15) is 29.3 Å². The zero-order valence-corrected chi connectivity index (χ0v) is 12.8. The van der Waals surface area contributed by atoms with Crippen molar-refractivity contribution in [2.24, 2.45) is 0 Å². The lowest BCUT2D eigenvalue weighted by molar-refractivity contribution is 0.0866. The molecule has 0 saturated carbocycles. The van der Waals surface area contributed by atoms with Crippen molar-refractivity contribution >= 4 is 25.6 Å². The molecule has 2 rings (SSSR count). The normalized spacial score (nSPS) is 22.8. The summed E-state index contributed by atoms with van der Waals surface area (Å²) >= 11 is 0. The summed E-state index contributed by atoms with van der Waals surface area (Å²) in [7, 11) is 1.49. The maximum atomic E-state index is 12.1. The van der Waals surface area contributed by atoms with Gasteiger partial charge in [-0.25, -0.2) is 8.42 Å². The fourth-order valence-electron chi connectivity index (χ4n) is 2.18. The van der Waals surface area contributed by atoms with Crippen molar-refractivity contribution in [2.45, 2.75) is 37.3 Å². The van der Waals surface area contributed by atoms with Crippen LogP contribution in [-0.2, 0) is 13.8 Å². The highest BCUT2D eigenvalue weighted by atomic mass is 35.7. The number of carbonyl (C=O) groups is 1. The number of hydrogen-bond acceptors (Lipinski definition) is 4. The highest BCUT2D eigenvalue weighted by Gasteiger charge is 2.26. The zero-order valence-electron chi connectivity index (χ0n) is 11.2. The number of hydrogen-bond donors (Lipinski definition) is 1. The molecule has 1 fully saturated rings. The van der Waals surface area contributed by atoms with Crippen LogP contribution in [0.15, 0.2) is 23.1 Å². The van der Waals surface area contributed by atoms with Crippen molar-refractivity contribution in [2.75, 3.05) is 6.61 Å². The van der Waals surface area contributed by atoms with E-state index in [0.29, 0.717) is 12.2 Å². The van der Waals surface area contributed by atoms with Crippen molar-refractivity contribution in [3.05, 3.63) is 29.3 Å². The Morgan fingerprint density at radius 1 is 1.45 bits per heavy atom. The van der Waals surface area contributed by atoms with Gasteiger partial charge >= 0.3 is 0 Å². The Morgan fingerprint density at radius 2 is 2.15 bits per heavy atom. The number of ether oxygens (including phenoxy) is 1. The summed E-state index contributed by atoms with van der Waals surface area (Å²) < 4.78 is 28.2. The molecule has 1 aromatic carbocycles. The highest BCUT2D eigenvalue weighted by Crippen LogP contribution is 2.21.